The van der Waals surface area contributed by atoms with E-state index < -0.39 is 0 Å². The van der Waals surface area contributed by atoms with E-state index in [9.17, 15) is 4.79 Å². The van der Waals surface area contributed by atoms with E-state index >= 15 is 0 Å². The number of nitrogens with zero attached hydrogens (tertiary/aromatic N) is 1. The van der Waals surface area contributed by atoms with Crippen LogP contribution < -0.4 is 0 Å². The van der Waals surface area contributed by atoms with Crippen molar-refractivity contribution in [3.05, 3.63) is 40.9 Å². The van der Waals surface area contributed by atoms with Crippen LogP contribution in [0.5, 0.6) is 0 Å². The molecule has 1 heterocycles. The van der Waals surface area contributed by atoms with Crippen molar-refractivity contribution in [1.29, 1.82) is 0 Å². The molecule has 0 bridgehead atoms. The molecule has 0 N–H and O–H groups in total. The maximum Gasteiger partial charge on any atom is 0.246 e. The summed E-state index contributed by atoms with van der Waals surface area (Å²) in [7, 11) is 0. The Bertz CT molecular complexity index is 470. The fourth-order valence-corrected chi connectivity index (χ4v) is 2.78. The number of likely N-dealkylation sites (tertiary alicyclic amines) is 1. The smallest absolute Gasteiger partial charge is 0.246 e. The van der Waals surface area contributed by atoms with E-state index in [2.05, 4.69) is 6.92 Å². The molecule has 0 aliphatic carbocycles. The summed E-state index contributed by atoms with van der Waals surface area (Å²) in [5.41, 5.74) is 0.891. The highest BCUT2D eigenvalue weighted by molar-refractivity contribution is 6.32. The molecule has 1 aliphatic rings. The van der Waals surface area contributed by atoms with Gasteiger partial charge in [-0.3, -0.25) is 4.79 Å². The SMILES string of the molecule is CC[C@@H]1CCCCN1C(=O)/C=C/c1ccccc1Cl. The first-order valence-corrected chi connectivity index (χ1v) is 7.33. The first kappa shape index (κ1) is 14.1. The first-order valence-electron chi connectivity index (χ1n) is 6.95. The molecule has 0 unspecified atom stereocenters. The van der Waals surface area contributed by atoms with Crippen LogP contribution in [0.1, 0.15) is 38.2 Å². The van der Waals surface area contributed by atoms with Crippen LogP contribution in [-0.2, 0) is 4.79 Å². The topological polar surface area (TPSA) is 20.3 Å². The van der Waals surface area contributed by atoms with E-state index in [-0.39, 0.29) is 5.91 Å². The van der Waals surface area contributed by atoms with Crippen molar-refractivity contribution in [2.24, 2.45) is 0 Å². The minimum absolute atomic E-state index is 0.103. The number of piperidine rings is 1. The van der Waals surface area contributed by atoms with E-state index in [4.69, 9.17) is 11.6 Å². The van der Waals surface area contributed by atoms with Gasteiger partial charge in [0, 0.05) is 23.7 Å². The minimum atomic E-state index is 0.103. The quantitative estimate of drug-likeness (QED) is 0.760. The van der Waals surface area contributed by atoms with Crippen LogP contribution in [0.2, 0.25) is 5.02 Å². The number of halogens is 1. The van der Waals surface area contributed by atoms with Gasteiger partial charge in [-0.2, -0.15) is 0 Å². The summed E-state index contributed by atoms with van der Waals surface area (Å²) >= 11 is 6.07. The van der Waals surface area contributed by atoms with Gasteiger partial charge in [0.1, 0.15) is 0 Å². The summed E-state index contributed by atoms with van der Waals surface area (Å²) in [6.07, 6.45) is 7.97. The zero-order chi connectivity index (χ0) is 13.7. The Labute approximate surface area is 120 Å². The predicted octanol–water partition coefficient (Wildman–Crippen LogP) is 4.14. The zero-order valence-corrected chi connectivity index (χ0v) is 12.1. The summed E-state index contributed by atoms with van der Waals surface area (Å²) < 4.78 is 0. The molecule has 0 saturated carbocycles. The van der Waals surface area contributed by atoms with Gasteiger partial charge in [0.15, 0.2) is 0 Å². The van der Waals surface area contributed by atoms with Crippen LogP contribution in [-0.4, -0.2) is 23.4 Å². The van der Waals surface area contributed by atoms with Crippen molar-refractivity contribution >= 4 is 23.6 Å². The second-order valence-electron chi connectivity index (χ2n) is 4.94. The molecular weight excluding hydrogens is 258 g/mol. The molecule has 1 aromatic rings. The number of amides is 1. The third-order valence-corrected chi connectivity index (χ3v) is 4.04. The summed E-state index contributed by atoms with van der Waals surface area (Å²) in [4.78, 5) is 14.2. The molecule has 1 fully saturated rings. The number of benzene rings is 1. The predicted molar refractivity (Wildman–Crippen MR) is 80.1 cm³/mol. The Balaban J connectivity index is 2.06. The Morgan fingerprint density at radius 1 is 1.42 bits per heavy atom. The van der Waals surface area contributed by atoms with Crippen LogP contribution >= 0.6 is 11.6 Å². The second-order valence-corrected chi connectivity index (χ2v) is 5.35. The summed E-state index contributed by atoms with van der Waals surface area (Å²) in [6.45, 7) is 3.03. The summed E-state index contributed by atoms with van der Waals surface area (Å²) in [6, 6.07) is 7.96. The highest BCUT2D eigenvalue weighted by Gasteiger charge is 2.23. The molecule has 2 nitrogen and oxygen atoms in total. The first-order chi connectivity index (χ1) is 9.22. The lowest BCUT2D eigenvalue weighted by atomic mass is 10.00. The third-order valence-electron chi connectivity index (χ3n) is 3.69. The van der Waals surface area contributed by atoms with Crippen molar-refractivity contribution in [2.75, 3.05) is 6.54 Å². The monoisotopic (exact) mass is 277 g/mol. The van der Waals surface area contributed by atoms with Crippen LogP contribution in [0.3, 0.4) is 0 Å². The van der Waals surface area contributed by atoms with E-state index in [1.165, 1.54) is 6.42 Å². The molecule has 3 heteroatoms. The average molecular weight is 278 g/mol. The molecule has 0 aromatic heterocycles. The van der Waals surface area contributed by atoms with Crippen molar-refractivity contribution in [2.45, 2.75) is 38.6 Å². The maximum atomic E-state index is 12.2. The summed E-state index contributed by atoms with van der Waals surface area (Å²) in [5.74, 6) is 0.103. The van der Waals surface area contributed by atoms with Crippen LogP contribution in [0.25, 0.3) is 6.08 Å². The van der Waals surface area contributed by atoms with Gasteiger partial charge in [-0.1, -0.05) is 36.7 Å². The van der Waals surface area contributed by atoms with E-state index in [1.54, 1.807) is 6.08 Å². The van der Waals surface area contributed by atoms with Crippen LogP contribution in [0.15, 0.2) is 30.3 Å². The number of hydrogen-bond donors (Lipinski definition) is 0. The largest absolute Gasteiger partial charge is 0.336 e. The van der Waals surface area contributed by atoms with Crippen molar-refractivity contribution in [3.63, 3.8) is 0 Å². The van der Waals surface area contributed by atoms with E-state index in [1.807, 2.05) is 35.2 Å². The molecule has 1 aliphatic heterocycles. The Kier molecular flexibility index (Phi) is 5.03. The fraction of sp³-hybridized carbons (Fsp3) is 0.438. The van der Waals surface area contributed by atoms with Gasteiger partial charge in [0.2, 0.25) is 5.91 Å². The standard InChI is InChI=1S/C16H20ClNO/c1-2-14-8-5-6-12-18(14)16(19)11-10-13-7-3-4-9-15(13)17/h3-4,7,9-11,14H,2,5-6,8,12H2,1H3/b11-10+/t14-/m1/s1. The molecule has 1 aromatic carbocycles. The van der Waals surface area contributed by atoms with Crippen molar-refractivity contribution in [3.8, 4) is 0 Å². The number of rotatable bonds is 3. The van der Waals surface area contributed by atoms with E-state index in [0.29, 0.717) is 11.1 Å². The average Bonchev–Trinajstić information content (AvgIpc) is 2.46. The molecule has 1 saturated heterocycles. The normalized spacial score (nSPS) is 19.9. The lowest BCUT2D eigenvalue weighted by Crippen LogP contribution is -2.42. The van der Waals surface area contributed by atoms with Gasteiger partial charge in [-0.05, 0) is 43.4 Å². The molecular formula is C16H20ClNO. The van der Waals surface area contributed by atoms with Crippen LogP contribution in [0.4, 0.5) is 0 Å². The van der Waals surface area contributed by atoms with Gasteiger partial charge in [0.25, 0.3) is 0 Å². The molecule has 19 heavy (non-hydrogen) atoms. The molecule has 1 atom stereocenters. The number of carbonyl (C=O) groups excluding carboxylic acids is 1. The molecule has 1 amide bonds. The highest BCUT2D eigenvalue weighted by atomic mass is 35.5. The van der Waals surface area contributed by atoms with Gasteiger partial charge in [-0.25, -0.2) is 0 Å². The lowest BCUT2D eigenvalue weighted by molar-refractivity contribution is -0.129. The molecule has 0 spiro atoms. The highest BCUT2D eigenvalue weighted by Crippen LogP contribution is 2.21. The van der Waals surface area contributed by atoms with Gasteiger partial charge in [-0.15, -0.1) is 0 Å². The minimum Gasteiger partial charge on any atom is -0.336 e. The van der Waals surface area contributed by atoms with Gasteiger partial charge in [0.05, 0.1) is 0 Å². The zero-order valence-electron chi connectivity index (χ0n) is 11.3. The fourth-order valence-electron chi connectivity index (χ4n) is 2.58. The molecule has 2 rings (SSSR count). The Hall–Kier alpha value is -1.28. The van der Waals surface area contributed by atoms with Gasteiger partial charge >= 0.3 is 0 Å². The van der Waals surface area contributed by atoms with Gasteiger partial charge < -0.3 is 4.90 Å². The Morgan fingerprint density at radius 3 is 2.95 bits per heavy atom. The molecule has 102 valence electrons. The van der Waals surface area contributed by atoms with E-state index in [0.717, 1.165) is 31.4 Å². The molecule has 0 radical (unpaired) electrons. The third kappa shape index (κ3) is 3.60. The number of carbonyl (C=O) groups is 1. The Morgan fingerprint density at radius 2 is 2.21 bits per heavy atom. The number of hydrogen-bond acceptors (Lipinski definition) is 1. The summed E-state index contributed by atoms with van der Waals surface area (Å²) in [5, 5.41) is 0.678. The maximum absolute atomic E-state index is 12.2. The second kappa shape index (κ2) is 6.76. The van der Waals surface area contributed by atoms with Crippen molar-refractivity contribution in [1.82, 2.24) is 4.90 Å². The van der Waals surface area contributed by atoms with Crippen molar-refractivity contribution < 1.29 is 4.79 Å². The van der Waals surface area contributed by atoms with Crippen LogP contribution in [0, 0.1) is 0 Å². The lowest BCUT2D eigenvalue weighted by Gasteiger charge is -2.34.